The first-order valence-electron chi connectivity index (χ1n) is 8.00. The zero-order chi connectivity index (χ0) is 18.3. The molecule has 0 aliphatic carbocycles. The highest BCUT2D eigenvalue weighted by Gasteiger charge is 2.36. The van der Waals surface area contributed by atoms with Crippen LogP contribution in [-0.4, -0.2) is 60.5 Å². The highest BCUT2D eigenvalue weighted by Crippen LogP contribution is 2.20. The van der Waals surface area contributed by atoms with Gasteiger partial charge < -0.3 is 14.8 Å². The van der Waals surface area contributed by atoms with Crippen molar-refractivity contribution in [3.05, 3.63) is 0 Å². The molecule has 1 fully saturated rings. The monoisotopic (exact) mass is 342 g/mol. The van der Waals surface area contributed by atoms with Crippen LogP contribution in [0.1, 0.15) is 46.5 Å². The third kappa shape index (κ3) is 6.55. The number of carbonyl (C=O) groups is 4. The smallest absolute Gasteiger partial charge is 0.410 e. The molecule has 1 N–H and O–H groups in total. The van der Waals surface area contributed by atoms with Gasteiger partial charge in [0.2, 0.25) is 5.91 Å². The van der Waals surface area contributed by atoms with Gasteiger partial charge in [-0.2, -0.15) is 0 Å². The Hall–Kier alpha value is -2.12. The molecule has 1 unspecified atom stereocenters. The number of ether oxygens (including phenoxy) is 2. The fourth-order valence-electron chi connectivity index (χ4n) is 2.31. The molecule has 1 saturated heterocycles. The quantitative estimate of drug-likeness (QED) is 0.723. The molecular formula is C16H26N2O6. The van der Waals surface area contributed by atoms with Gasteiger partial charge in [0, 0.05) is 13.0 Å². The van der Waals surface area contributed by atoms with Gasteiger partial charge in [-0.15, -0.1) is 0 Å². The second-order valence-corrected chi connectivity index (χ2v) is 6.66. The topological polar surface area (TPSA) is 102 Å². The largest absolute Gasteiger partial charge is 0.469 e. The van der Waals surface area contributed by atoms with Gasteiger partial charge in [0.15, 0.2) is 5.78 Å². The van der Waals surface area contributed by atoms with Gasteiger partial charge in [-0.1, -0.05) is 0 Å². The van der Waals surface area contributed by atoms with Crippen LogP contribution in [0.4, 0.5) is 4.79 Å². The van der Waals surface area contributed by atoms with Crippen LogP contribution in [0, 0.1) is 0 Å². The fourth-order valence-corrected chi connectivity index (χ4v) is 2.31. The van der Waals surface area contributed by atoms with Crippen molar-refractivity contribution in [2.75, 3.05) is 20.2 Å². The standard InChI is InChI=1S/C16H26N2O6/c1-16(2,3)24-15(22)18-9-5-6-12(18)14(21)17-10-11(19)7-8-13(20)23-4/h12H,5-10H2,1-4H3,(H,17,21). The summed E-state index contributed by atoms with van der Waals surface area (Å²) in [5.74, 6) is -1.12. The maximum Gasteiger partial charge on any atom is 0.410 e. The lowest BCUT2D eigenvalue weighted by molar-refractivity contribution is -0.141. The van der Waals surface area contributed by atoms with Crippen LogP contribution in [-0.2, 0) is 23.9 Å². The maximum absolute atomic E-state index is 12.2. The molecule has 8 heteroatoms. The molecule has 0 spiro atoms. The van der Waals surface area contributed by atoms with E-state index in [1.54, 1.807) is 20.8 Å². The zero-order valence-electron chi connectivity index (χ0n) is 14.7. The van der Waals surface area contributed by atoms with Crippen molar-refractivity contribution < 1.29 is 28.7 Å². The Morgan fingerprint density at radius 2 is 1.83 bits per heavy atom. The second kappa shape index (κ2) is 8.65. The number of likely N-dealkylation sites (tertiary alicyclic amines) is 1. The van der Waals surface area contributed by atoms with E-state index in [4.69, 9.17) is 4.74 Å². The number of methoxy groups -OCH3 is 1. The van der Waals surface area contributed by atoms with Gasteiger partial charge in [-0.25, -0.2) is 4.79 Å². The Kier molecular flexibility index (Phi) is 7.18. The second-order valence-electron chi connectivity index (χ2n) is 6.66. The molecule has 0 aromatic carbocycles. The summed E-state index contributed by atoms with van der Waals surface area (Å²) in [6.07, 6.45) is 0.693. The molecule has 0 aromatic rings. The minimum atomic E-state index is -0.634. The summed E-state index contributed by atoms with van der Waals surface area (Å²) < 4.78 is 9.74. The molecular weight excluding hydrogens is 316 g/mol. The molecule has 0 radical (unpaired) electrons. The van der Waals surface area contributed by atoms with Gasteiger partial charge in [0.1, 0.15) is 11.6 Å². The average molecular weight is 342 g/mol. The Morgan fingerprint density at radius 3 is 2.42 bits per heavy atom. The Morgan fingerprint density at radius 1 is 1.17 bits per heavy atom. The van der Waals surface area contributed by atoms with Gasteiger partial charge in [-0.05, 0) is 33.6 Å². The van der Waals surface area contributed by atoms with Crippen molar-refractivity contribution in [1.82, 2.24) is 10.2 Å². The molecule has 1 aliphatic rings. The van der Waals surface area contributed by atoms with E-state index in [9.17, 15) is 19.2 Å². The summed E-state index contributed by atoms with van der Waals surface area (Å²) in [4.78, 5) is 48.4. The van der Waals surface area contributed by atoms with Crippen molar-refractivity contribution in [3.8, 4) is 0 Å². The molecule has 0 aromatic heterocycles. The van der Waals surface area contributed by atoms with Crippen molar-refractivity contribution in [2.45, 2.75) is 58.1 Å². The van der Waals surface area contributed by atoms with E-state index in [0.717, 1.165) is 0 Å². The van der Waals surface area contributed by atoms with E-state index in [1.165, 1.54) is 12.0 Å². The van der Waals surface area contributed by atoms with Crippen LogP contribution in [0.25, 0.3) is 0 Å². The van der Waals surface area contributed by atoms with E-state index in [2.05, 4.69) is 10.1 Å². The maximum atomic E-state index is 12.2. The lowest BCUT2D eigenvalue weighted by Gasteiger charge is -2.28. The molecule has 1 heterocycles. The summed E-state index contributed by atoms with van der Waals surface area (Å²) in [7, 11) is 1.25. The Balaban J connectivity index is 2.47. The van der Waals surface area contributed by atoms with Gasteiger partial charge >= 0.3 is 12.1 Å². The highest BCUT2D eigenvalue weighted by molar-refractivity contribution is 5.91. The summed E-state index contributed by atoms with van der Waals surface area (Å²) in [5.41, 5.74) is -0.634. The predicted molar refractivity (Wildman–Crippen MR) is 85.2 cm³/mol. The first-order chi connectivity index (χ1) is 11.1. The number of ketones is 1. The van der Waals surface area contributed by atoms with E-state index in [0.29, 0.717) is 19.4 Å². The normalized spacial score (nSPS) is 17.3. The first-order valence-corrected chi connectivity index (χ1v) is 8.00. The molecule has 24 heavy (non-hydrogen) atoms. The lowest BCUT2D eigenvalue weighted by atomic mass is 10.2. The Bertz CT molecular complexity index is 497. The predicted octanol–water partition coefficient (Wildman–Crippen LogP) is 1.02. The van der Waals surface area contributed by atoms with E-state index in [-0.39, 0.29) is 31.1 Å². The summed E-state index contributed by atoms with van der Waals surface area (Å²) >= 11 is 0. The molecule has 8 nitrogen and oxygen atoms in total. The first kappa shape index (κ1) is 19.9. The van der Waals surface area contributed by atoms with Crippen LogP contribution < -0.4 is 5.32 Å². The molecule has 1 rings (SSSR count). The number of esters is 1. The molecule has 136 valence electrons. The van der Waals surface area contributed by atoms with Crippen molar-refractivity contribution in [2.24, 2.45) is 0 Å². The minimum Gasteiger partial charge on any atom is -0.469 e. The van der Waals surface area contributed by atoms with Crippen molar-refractivity contribution in [1.29, 1.82) is 0 Å². The van der Waals surface area contributed by atoms with Gasteiger partial charge in [0.05, 0.1) is 20.1 Å². The van der Waals surface area contributed by atoms with Crippen LogP contribution in [0.5, 0.6) is 0 Å². The summed E-state index contributed by atoms with van der Waals surface area (Å²) in [6, 6.07) is -0.631. The average Bonchev–Trinajstić information content (AvgIpc) is 2.98. The molecule has 1 aliphatic heterocycles. The molecule has 0 saturated carbocycles. The number of nitrogens with one attached hydrogen (secondary N) is 1. The number of carbonyl (C=O) groups excluding carboxylic acids is 4. The zero-order valence-corrected chi connectivity index (χ0v) is 14.7. The minimum absolute atomic E-state index is 0.00734. The third-order valence-electron chi connectivity index (χ3n) is 3.48. The third-order valence-corrected chi connectivity index (χ3v) is 3.48. The van der Waals surface area contributed by atoms with Crippen LogP contribution in [0.2, 0.25) is 0 Å². The summed E-state index contributed by atoms with van der Waals surface area (Å²) in [6.45, 7) is 5.56. The van der Waals surface area contributed by atoms with Crippen LogP contribution >= 0.6 is 0 Å². The van der Waals surface area contributed by atoms with Gasteiger partial charge in [-0.3, -0.25) is 19.3 Å². The highest BCUT2D eigenvalue weighted by atomic mass is 16.6. The fraction of sp³-hybridized carbons (Fsp3) is 0.750. The number of nitrogens with zero attached hydrogens (tertiary/aromatic N) is 1. The van der Waals surface area contributed by atoms with Crippen LogP contribution in [0.15, 0.2) is 0 Å². The van der Waals surface area contributed by atoms with E-state index in [1.807, 2.05) is 0 Å². The number of hydrogen-bond acceptors (Lipinski definition) is 6. The van der Waals surface area contributed by atoms with Gasteiger partial charge in [0.25, 0.3) is 0 Å². The summed E-state index contributed by atoms with van der Waals surface area (Å²) in [5, 5.41) is 2.52. The van der Waals surface area contributed by atoms with E-state index < -0.39 is 23.7 Å². The number of amides is 2. The number of hydrogen-bond donors (Lipinski definition) is 1. The number of Topliss-reactive ketones (excluding diaryl/α,β-unsaturated/α-hetero) is 1. The molecule has 1 atom stereocenters. The van der Waals surface area contributed by atoms with Crippen molar-refractivity contribution in [3.63, 3.8) is 0 Å². The SMILES string of the molecule is COC(=O)CCC(=O)CNC(=O)C1CCCN1C(=O)OC(C)(C)C. The lowest BCUT2D eigenvalue weighted by Crippen LogP contribution is -2.48. The molecule has 2 amide bonds. The Labute approximate surface area is 141 Å². The van der Waals surface area contributed by atoms with E-state index >= 15 is 0 Å². The van der Waals surface area contributed by atoms with Crippen molar-refractivity contribution >= 4 is 23.8 Å². The number of rotatable bonds is 6. The molecule has 0 bridgehead atoms. The van der Waals surface area contributed by atoms with Crippen LogP contribution in [0.3, 0.4) is 0 Å².